The van der Waals surface area contributed by atoms with Crippen molar-refractivity contribution in [2.75, 3.05) is 18.5 Å². The van der Waals surface area contributed by atoms with Crippen molar-refractivity contribution >= 4 is 11.6 Å². The number of fused-ring (bicyclic) bond motifs is 1. The zero-order chi connectivity index (χ0) is 13.4. The van der Waals surface area contributed by atoms with Crippen LogP contribution in [-0.4, -0.2) is 19.5 Å². The van der Waals surface area contributed by atoms with Crippen molar-refractivity contribution in [1.29, 1.82) is 0 Å². The van der Waals surface area contributed by atoms with Crippen LogP contribution in [0.5, 0.6) is 0 Å². The predicted octanol–water partition coefficient (Wildman–Crippen LogP) is 2.57. The lowest BCUT2D eigenvalue weighted by atomic mass is 10.00. The van der Waals surface area contributed by atoms with Crippen LogP contribution in [-0.2, 0) is 4.79 Å². The van der Waals surface area contributed by atoms with Gasteiger partial charge in [-0.2, -0.15) is 0 Å². The van der Waals surface area contributed by atoms with Gasteiger partial charge < -0.3 is 10.2 Å². The molecule has 0 saturated heterocycles. The summed E-state index contributed by atoms with van der Waals surface area (Å²) in [7, 11) is 1.85. The minimum Gasteiger partial charge on any atom is -0.310 e. The SMILES string of the molecule is CNC1C(=O)N(CC(C)C)c2cc(C)cc(C)c21. The van der Waals surface area contributed by atoms with Gasteiger partial charge in [0.05, 0.1) is 0 Å². The smallest absolute Gasteiger partial charge is 0.248 e. The van der Waals surface area contributed by atoms with Gasteiger partial charge in [-0.1, -0.05) is 19.9 Å². The summed E-state index contributed by atoms with van der Waals surface area (Å²) in [6, 6.07) is 4.09. The third-order valence-corrected chi connectivity index (χ3v) is 3.44. The average molecular weight is 246 g/mol. The van der Waals surface area contributed by atoms with Crippen LogP contribution in [0.25, 0.3) is 0 Å². The molecule has 1 aliphatic rings. The second kappa shape index (κ2) is 4.73. The van der Waals surface area contributed by atoms with Crippen LogP contribution in [0, 0.1) is 19.8 Å². The fourth-order valence-corrected chi connectivity index (χ4v) is 2.77. The Labute approximate surface area is 109 Å². The Bertz CT molecular complexity index is 480. The van der Waals surface area contributed by atoms with Gasteiger partial charge in [0.25, 0.3) is 0 Å². The molecule has 0 bridgehead atoms. The highest BCUT2D eigenvalue weighted by atomic mass is 16.2. The van der Waals surface area contributed by atoms with Gasteiger partial charge >= 0.3 is 0 Å². The maximum Gasteiger partial charge on any atom is 0.248 e. The van der Waals surface area contributed by atoms with Crippen LogP contribution in [0.15, 0.2) is 12.1 Å². The third kappa shape index (κ3) is 2.03. The standard InChI is InChI=1S/C15H22N2O/c1-9(2)8-17-12-7-10(3)6-11(4)13(12)14(16-5)15(17)18/h6-7,9,14,16H,8H2,1-5H3. The number of hydrogen-bond acceptors (Lipinski definition) is 2. The minimum absolute atomic E-state index is 0.176. The van der Waals surface area contributed by atoms with Crippen LogP contribution < -0.4 is 10.2 Å². The first-order valence-electron chi connectivity index (χ1n) is 6.55. The van der Waals surface area contributed by atoms with Crippen LogP contribution in [0.1, 0.15) is 36.6 Å². The summed E-state index contributed by atoms with van der Waals surface area (Å²) in [6.45, 7) is 9.23. The van der Waals surface area contributed by atoms with Crippen molar-refractivity contribution in [2.24, 2.45) is 5.92 Å². The lowest BCUT2D eigenvalue weighted by molar-refractivity contribution is -0.120. The van der Waals surface area contributed by atoms with Crippen LogP contribution >= 0.6 is 0 Å². The predicted molar refractivity (Wildman–Crippen MR) is 74.9 cm³/mol. The number of rotatable bonds is 3. The summed E-state index contributed by atoms with van der Waals surface area (Å²) in [5, 5.41) is 3.14. The fourth-order valence-electron chi connectivity index (χ4n) is 2.77. The van der Waals surface area contributed by atoms with Crippen molar-refractivity contribution in [3.8, 4) is 0 Å². The molecular formula is C15H22N2O. The Kier molecular flexibility index (Phi) is 3.44. The van der Waals surface area contributed by atoms with E-state index < -0.39 is 0 Å². The topological polar surface area (TPSA) is 32.3 Å². The highest BCUT2D eigenvalue weighted by Crippen LogP contribution is 2.39. The monoisotopic (exact) mass is 246 g/mol. The van der Waals surface area contributed by atoms with E-state index in [2.05, 4.69) is 45.1 Å². The van der Waals surface area contributed by atoms with E-state index in [1.807, 2.05) is 11.9 Å². The molecule has 1 atom stereocenters. The lowest BCUT2D eigenvalue weighted by Gasteiger charge is -2.20. The number of nitrogens with one attached hydrogen (secondary N) is 1. The first-order valence-corrected chi connectivity index (χ1v) is 6.55. The first kappa shape index (κ1) is 13.1. The van der Waals surface area contributed by atoms with Gasteiger partial charge in [-0.05, 0) is 44.0 Å². The molecule has 1 N–H and O–H groups in total. The van der Waals surface area contributed by atoms with E-state index in [-0.39, 0.29) is 11.9 Å². The fraction of sp³-hybridized carbons (Fsp3) is 0.533. The quantitative estimate of drug-likeness (QED) is 0.889. The van der Waals surface area contributed by atoms with Gasteiger partial charge in [0, 0.05) is 17.8 Å². The van der Waals surface area contributed by atoms with E-state index in [0.29, 0.717) is 5.92 Å². The van der Waals surface area contributed by atoms with Gasteiger partial charge in [-0.15, -0.1) is 0 Å². The Morgan fingerprint density at radius 3 is 2.56 bits per heavy atom. The van der Waals surface area contributed by atoms with Crippen LogP contribution in [0.3, 0.4) is 0 Å². The second-order valence-electron chi connectivity index (χ2n) is 5.58. The Morgan fingerprint density at radius 1 is 1.33 bits per heavy atom. The summed E-state index contributed by atoms with van der Waals surface area (Å²) in [6.07, 6.45) is 0. The zero-order valence-corrected chi connectivity index (χ0v) is 11.9. The number of hydrogen-bond donors (Lipinski definition) is 1. The third-order valence-electron chi connectivity index (χ3n) is 3.44. The summed E-state index contributed by atoms with van der Waals surface area (Å²) in [5.41, 5.74) is 4.65. The highest BCUT2D eigenvalue weighted by Gasteiger charge is 2.37. The normalized spacial score (nSPS) is 18.7. The molecule has 1 heterocycles. The van der Waals surface area contributed by atoms with Crippen molar-refractivity contribution in [3.63, 3.8) is 0 Å². The Balaban J connectivity index is 2.53. The van der Waals surface area contributed by atoms with Crippen molar-refractivity contribution in [2.45, 2.75) is 33.7 Å². The van der Waals surface area contributed by atoms with Gasteiger partial charge in [0.2, 0.25) is 5.91 Å². The van der Waals surface area contributed by atoms with Gasteiger partial charge in [0.15, 0.2) is 0 Å². The first-order chi connectivity index (χ1) is 8.45. The number of carbonyl (C=O) groups excluding carboxylic acids is 1. The second-order valence-corrected chi connectivity index (χ2v) is 5.58. The van der Waals surface area contributed by atoms with Crippen molar-refractivity contribution in [3.05, 3.63) is 28.8 Å². The number of anilines is 1. The van der Waals surface area contributed by atoms with E-state index >= 15 is 0 Å². The molecule has 1 unspecified atom stereocenters. The van der Waals surface area contributed by atoms with Gasteiger partial charge in [-0.3, -0.25) is 4.79 Å². The molecule has 0 aliphatic carbocycles. The van der Waals surface area contributed by atoms with Gasteiger partial charge in [0.1, 0.15) is 6.04 Å². The molecule has 2 rings (SSSR count). The zero-order valence-electron chi connectivity index (χ0n) is 11.9. The summed E-state index contributed by atoms with van der Waals surface area (Å²) in [5.74, 6) is 0.646. The molecule has 1 amide bonds. The maximum absolute atomic E-state index is 12.5. The van der Waals surface area contributed by atoms with E-state index in [1.165, 1.54) is 11.1 Å². The minimum atomic E-state index is -0.181. The molecule has 1 aliphatic heterocycles. The van der Waals surface area contributed by atoms with E-state index in [9.17, 15) is 4.79 Å². The Hall–Kier alpha value is -1.35. The number of aryl methyl sites for hydroxylation is 2. The van der Waals surface area contributed by atoms with E-state index in [4.69, 9.17) is 0 Å². The number of amides is 1. The highest BCUT2D eigenvalue weighted by molar-refractivity contribution is 6.05. The van der Waals surface area contributed by atoms with Crippen molar-refractivity contribution < 1.29 is 4.79 Å². The number of likely N-dealkylation sites (N-methyl/N-ethyl adjacent to an activating group) is 1. The van der Waals surface area contributed by atoms with Crippen LogP contribution in [0.4, 0.5) is 5.69 Å². The average Bonchev–Trinajstić information content (AvgIpc) is 2.52. The molecular weight excluding hydrogens is 224 g/mol. The molecule has 0 aromatic heterocycles. The van der Waals surface area contributed by atoms with Crippen LogP contribution in [0.2, 0.25) is 0 Å². The molecule has 3 nitrogen and oxygen atoms in total. The molecule has 98 valence electrons. The molecule has 3 heteroatoms. The van der Waals surface area contributed by atoms with Crippen molar-refractivity contribution in [1.82, 2.24) is 5.32 Å². The molecule has 0 spiro atoms. The summed E-state index contributed by atoms with van der Waals surface area (Å²) in [4.78, 5) is 14.4. The van der Waals surface area contributed by atoms with E-state index in [0.717, 1.165) is 17.8 Å². The Morgan fingerprint density at radius 2 is 2.00 bits per heavy atom. The molecule has 0 fully saturated rings. The largest absolute Gasteiger partial charge is 0.310 e. The number of carbonyl (C=O) groups is 1. The summed E-state index contributed by atoms with van der Waals surface area (Å²) >= 11 is 0. The number of nitrogens with zero attached hydrogens (tertiary/aromatic N) is 1. The molecule has 1 aromatic rings. The molecule has 0 saturated carbocycles. The van der Waals surface area contributed by atoms with Gasteiger partial charge in [-0.25, -0.2) is 0 Å². The van der Waals surface area contributed by atoms with E-state index in [1.54, 1.807) is 0 Å². The molecule has 1 aromatic carbocycles. The maximum atomic E-state index is 12.5. The molecule has 18 heavy (non-hydrogen) atoms. The lowest BCUT2D eigenvalue weighted by Crippen LogP contribution is -2.35. The summed E-state index contributed by atoms with van der Waals surface area (Å²) < 4.78 is 0. The number of benzene rings is 1. The molecule has 0 radical (unpaired) electrons.